The fraction of sp³-hybridized carbons (Fsp3) is 0.727. The molecule has 2 nitrogen and oxygen atoms in total. The molecule has 0 saturated carbocycles. The number of rotatable bonds is 7. The van der Waals surface area contributed by atoms with Gasteiger partial charge in [0, 0.05) is 31.7 Å². The second-order valence-corrected chi connectivity index (χ2v) is 8.92. The van der Waals surface area contributed by atoms with Crippen molar-refractivity contribution >= 4 is 0 Å². The lowest BCUT2D eigenvalue weighted by Gasteiger charge is -2.45. The SMILES string of the molecule is CCCC(C)c1ccc(C(C)(C)CC(C)(C)N2CCNCC2)cc1. The van der Waals surface area contributed by atoms with Crippen LogP contribution in [0.2, 0.25) is 0 Å². The van der Waals surface area contributed by atoms with E-state index in [2.05, 4.69) is 76.0 Å². The minimum Gasteiger partial charge on any atom is -0.314 e. The van der Waals surface area contributed by atoms with Gasteiger partial charge in [0.15, 0.2) is 0 Å². The van der Waals surface area contributed by atoms with Gasteiger partial charge in [-0.1, -0.05) is 58.4 Å². The van der Waals surface area contributed by atoms with Crippen LogP contribution in [-0.4, -0.2) is 36.6 Å². The van der Waals surface area contributed by atoms with Gasteiger partial charge >= 0.3 is 0 Å². The van der Waals surface area contributed by atoms with E-state index in [0.29, 0.717) is 5.92 Å². The van der Waals surface area contributed by atoms with Gasteiger partial charge in [0.25, 0.3) is 0 Å². The zero-order valence-corrected chi connectivity index (χ0v) is 16.8. The molecule has 0 aromatic heterocycles. The molecule has 1 N–H and O–H groups in total. The Bertz CT molecular complexity index is 495. The summed E-state index contributed by atoms with van der Waals surface area (Å²) in [4.78, 5) is 2.66. The first-order chi connectivity index (χ1) is 11.3. The molecule has 0 radical (unpaired) electrons. The van der Waals surface area contributed by atoms with Gasteiger partial charge in [-0.05, 0) is 49.1 Å². The number of piperazine rings is 1. The van der Waals surface area contributed by atoms with Crippen molar-refractivity contribution in [1.82, 2.24) is 10.2 Å². The molecule has 1 unspecified atom stereocenters. The van der Waals surface area contributed by atoms with Crippen LogP contribution < -0.4 is 5.32 Å². The summed E-state index contributed by atoms with van der Waals surface area (Å²) in [6, 6.07) is 9.45. The molecule has 24 heavy (non-hydrogen) atoms. The molecular formula is C22H38N2. The lowest BCUT2D eigenvalue weighted by atomic mass is 9.74. The largest absolute Gasteiger partial charge is 0.314 e. The van der Waals surface area contributed by atoms with Crippen LogP contribution >= 0.6 is 0 Å². The fourth-order valence-corrected chi connectivity index (χ4v) is 4.43. The average molecular weight is 331 g/mol. The molecule has 1 fully saturated rings. The van der Waals surface area contributed by atoms with Crippen LogP contribution in [0.3, 0.4) is 0 Å². The van der Waals surface area contributed by atoms with Gasteiger partial charge in [0.2, 0.25) is 0 Å². The van der Waals surface area contributed by atoms with Crippen molar-refractivity contribution in [1.29, 1.82) is 0 Å². The van der Waals surface area contributed by atoms with Crippen LogP contribution in [-0.2, 0) is 5.41 Å². The number of nitrogens with one attached hydrogen (secondary N) is 1. The Morgan fingerprint density at radius 3 is 2.17 bits per heavy atom. The molecule has 0 spiro atoms. The van der Waals surface area contributed by atoms with Crippen molar-refractivity contribution in [3.63, 3.8) is 0 Å². The van der Waals surface area contributed by atoms with Crippen molar-refractivity contribution in [3.05, 3.63) is 35.4 Å². The van der Waals surface area contributed by atoms with E-state index >= 15 is 0 Å². The molecule has 1 heterocycles. The quantitative estimate of drug-likeness (QED) is 0.761. The predicted molar refractivity (Wildman–Crippen MR) is 106 cm³/mol. The minimum atomic E-state index is 0.195. The molecule has 1 atom stereocenters. The van der Waals surface area contributed by atoms with E-state index in [9.17, 15) is 0 Å². The summed E-state index contributed by atoms with van der Waals surface area (Å²) in [5.74, 6) is 0.671. The number of benzene rings is 1. The summed E-state index contributed by atoms with van der Waals surface area (Å²) in [5, 5.41) is 3.47. The maximum absolute atomic E-state index is 3.47. The monoisotopic (exact) mass is 330 g/mol. The fourth-order valence-electron chi connectivity index (χ4n) is 4.43. The van der Waals surface area contributed by atoms with E-state index in [1.54, 1.807) is 0 Å². The second kappa shape index (κ2) is 8.01. The van der Waals surface area contributed by atoms with E-state index in [4.69, 9.17) is 0 Å². The molecule has 2 heteroatoms. The van der Waals surface area contributed by atoms with Gasteiger partial charge in [-0.15, -0.1) is 0 Å². The highest BCUT2D eigenvalue weighted by Crippen LogP contribution is 2.36. The van der Waals surface area contributed by atoms with Crippen molar-refractivity contribution in [2.45, 2.75) is 77.7 Å². The Hall–Kier alpha value is -0.860. The van der Waals surface area contributed by atoms with Gasteiger partial charge in [0.1, 0.15) is 0 Å². The van der Waals surface area contributed by atoms with Crippen molar-refractivity contribution in [2.75, 3.05) is 26.2 Å². The maximum atomic E-state index is 3.47. The highest BCUT2D eigenvalue weighted by Gasteiger charge is 2.35. The van der Waals surface area contributed by atoms with E-state index in [0.717, 1.165) is 26.2 Å². The minimum absolute atomic E-state index is 0.195. The third kappa shape index (κ3) is 4.83. The molecule has 1 aromatic rings. The number of nitrogens with zero attached hydrogens (tertiary/aromatic N) is 1. The van der Waals surface area contributed by atoms with Gasteiger partial charge in [-0.2, -0.15) is 0 Å². The van der Waals surface area contributed by atoms with Crippen LogP contribution in [0.15, 0.2) is 24.3 Å². The first-order valence-electron chi connectivity index (χ1n) is 9.82. The molecule has 2 rings (SSSR count). The smallest absolute Gasteiger partial charge is 0.0162 e. The van der Waals surface area contributed by atoms with Crippen LogP contribution in [0.1, 0.15) is 77.8 Å². The van der Waals surface area contributed by atoms with Gasteiger partial charge < -0.3 is 5.32 Å². The summed E-state index contributed by atoms with van der Waals surface area (Å²) in [6.45, 7) is 18.8. The summed E-state index contributed by atoms with van der Waals surface area (Å²) >= 11 is 0. The molecule has 1 saturated heterocycles. The van der Waals surface area contributed by atoms with Crippen molar-refractivity contribution < 1.29 is 0 Å². The highest BCUT2D eigenvalue weighted by atomic mass is 15.2. The number of hydrogen-bond donors (Lipinski definition) is 1. The lowest BCUT2D eigenvalue weighted by Crippen LogP contribution is -2.55. The third-order valence-electron chi connectivity index (χ3n) is 5.83. The van der Waals surface area contributed by atoms with Gasteiger partial charge in [0.05, 0.1) is 0 Å². The molecule has 1 aliphatic heterocycles. The van der Waals surface area contributed by atoms with E-state index < -0.39 is 0 Å². The average Bonchev–Trinajstić information content (AvgIpc) is 2.55. The molecule has 136 valence electrons. The van der Waals surface area contributed by atoms with E-state index in [-0.39, 0.29) is 11.0 Å². The molecule has 1 aliphatic rings. The van der Waals surface area contributed by atoms with Gasteiger partial charge in [-0.25, -0.2) is 0 Å². The normalized spacial score (nSPS) is 18.6. The van der Waals surface area contributed by atoms with E-state index in [1.807, 2.05) is 0 Å². The van der Waals surface area contributed by atoms with Crippen LogP contribution in [0.25, 0.3) is 0 Å². The lowest BCUT2D eigenvalue weighted by molar-refractivity contribution is 0.0776. The topological polar surface area (TPSA) is 15.3 Å². The Kier molecular flexibility index (Phi) is 6.50. The summed E-state index contributed by atoms with van der Waals surface area (Å²) in [7, 11) is 0. The molecule has 0 amide bonds. The van der Waals surface area contributed by atoms with Crippen molar-refractivity contribution in [3.8, 4) is 0 Å². The molecular weight excluding hydrogens is 292 g/mol. The molecule has 1 aromatic carbocycles. The highest BCUT2D eigenvalue weighted by molar-refractivity contribution is 5.30. The standard InChI is InChI=1S/C22H38N2/c1-7-8-18(2)19-9-11-20(12-10-19)21(3,4)17-22(5,6)24-15-13-23-14-16-24/h9-12,18,23H,7-8,13-17H2,1-6H3. The second-order valence-electron chi connectivity index (χ2n) is 8.92. The Morgan fingerprint density at radius 2 is 1.62 bits per heavy atom. The zero-order chi connectivity index (χ0) is 17.8. The first-order valence-corrected chi connectivity index (χ1v) is 9.82. The summed E-state index contributed by atoms with van der Waals surface area (Å²) in [6.07, 6.45) is 3.72. The first kappa shape index (κ1) is 19.5. The zero-order valence-electron chi connectivity index (χ0n) is 16.8. The van der Waals surface area contributed by atoms with Crippen LogP contribution in [0.4, 0.5) is 0 Å². The predicted octanol–water partition coefficient (Wildman–Crippen LogP) is 4.94. The Labute approximate surface area is 150 Å². The van der Waals surface area contributed by atoms with Crippen LogP contribution in [0.5, 0.6) is 0 Å². The van der Waals surface area contributed by atoms with E-state index in [1.165, 1.54) is 30.4 Å². The Morgan fingerprint density at radius 1 is 1.04 bits per heavy atom. The molecule has 0 bridgehead atoms. The summed E-state index contributed by atoms with van der Waals surface area (Å²) < 4.78 is 0. The van der Waals surface area contributed by atoms with Gasteiger partial charge in [-0.3, -0.25) is 4.90 Å². The third-order valence-corrected chi connectivity index (χ3v) is 5.83. The molecule has 0 aliphatic carbocycles. The number of hydrogen-bond acceptors (Lipinski definition) is 2. The maximum Gasteiger partial charge on any atom is 0.0162 e. The van der Waals surface area contributed by atoms with Crippen molar-refractivity contribution in [2.24, 2.45) is 0 Å². The summed E-state index contributed by atoms with van der Waals surface area (Å²) in [5.41, 5.74) is 3.39. The van der Waals surface area contributed by atoms with Crippen LogP contribution in [0, 0.1) is 0 Å². The Balaban J connectivity index is 2.08.